The molecule has 0 aliphatic rings. The van der Waals surface area contributed by atoms with Gasteiger partial charge in [-0.15, -0.1) is 0 Å². The van der Waals surface area contributed by atoms with Crippen LogP contribution in [0.5, 0.6) is 0 Å². The van der Waals surface area contributed by atoms with Gasteiger partial charge < -0.3 is 5.32 Å². The number of amides is 1. The van der Waals surface area contributed by atoms with E-state index >= 15 is 0 Å². The van der Waals surface area contributed by atoms with Crippen molar-refractivity contribution in [2.45, 2.75) is 24.6 Å². The van der Waals surface area contributed by atoms with Crippen LogP contribution in [0.3, 0.4) is 0 Å². The van der Waals surface area contributed by atoms with Crippen LogP contribution in [0.25, 0.3) is 10.8 Å². The first kappa shape index (κ1) is 14.1. The second kappa shape index (κ2) is 6.71. The quantitative estimate of drug-likeness (QED) is 0.837. The largest absolute Gasteiger partial charge is 0.356 e. The van der Waals surface area contributed by atoms with Crippen molar-refractivity contribution in [2.24, 2.45) is 0 Å². The highest BCUT2D eigenvalue weighted by Crippen LogP contribution is 2.18. The van der Waals surface area contributed by atoms with Gasteiger partial charge in [-0.25, -0.2) is 0 Å². The summed E-state index contributed by atoms with van der Waals surface area (Å²) >= 11 is 3.47. The van der Waals surface area contributed by atoms with Crippen LogP contribution in [0.4, 0.5) is 0 Å². The first-order valence-electron chi connectivity index (χ1n) is 6.54. The Kier molecular flexibility index (Phi) is 4.97. The van der Waals surface area contributed by atoms with Crippen LogP contribution in [-0.2, 0) is 11.2 Å². The molecule has 2 rings (SSSR count). The van der Waals surface area contributed by atoms with Gasteiger partial charge in [-0.2, -0.15) is 0 Å². The molecule has 0 aliphatic heterocycles. The van der Waals surface area contributed by atoms with Crippen molar-refractivity contribution < 1.29 is 4.79 Å². The molecular formula is C16H18BrNO. The van der Waals surface area contributed by atoms with Crippen molar-refractivity contribution in [3.05, 3.63) is 48.0 Å². The Hall–Kier alpha value is -1.35. The molecule has 100 valence electrons. The highest BCUT2D eigenvalue weighted by molar-refractivity contribution is 9.09. The predicted octanol–water partition coefficient (Wildman–Crippen LogP) is 3.67. The van der Waals surface area contributed by atoms with Gasteiger partial charge in [0.25, 0.3) is 0 Å². The van der Waals surface area contributed by atoms with Crippen LogP contribution in [-0.4, -0.2) is 17.3 Å². The van der Waals surface area contributed by atoms with Gasteiger partial charge in [0, 0.05) is 11.4 Å². The molecule has 1 unspecified atom stereocenters. The zero-order chi connectivity index (χ0) is 13.7. The summed E-state index contributed by atoms with van der Waals surface area (Å²) in [4.78, 5) is 12.3. The van der Waals surface area contributed by atoms with Crippen LogP contribution in [0, 0.1) is 0 Å². The zero-order valence-electron chi connectivity index (χ0n) is 11.0. The summed E-state index contributed by atoms with van der Waals surface area (Å²) < 4.78 is 0. The molecule has 0 radical (unpaired) electrons. The fraction of sp³-hybridized carbons (Fsp3) is 0.312. The highest BCUT2D eigenvalue weighted by Gasteiger charge is 2.06. The molecule has 1 N–H and O–H groups in total. The fourth-order valence-electron chi connectivity index (χ4n) is 2.09. The first-order chi connectivity index (χ1) is 9.16. The van der Waals surface area contributed by atoms with E-state index in [0.29, 0.717) is 11.2 Å². The number of alkyl halides is 1. The molecule has 0 spiro atoms. The van der Waals surface area contributed by atoms with E-state index in [-0.39, 0.29) is 5.91 Å². The third-order valence-electron chi connectivity index (χ3n) is 3.10. The van der Waals surface area contributed by atoms with Crippen LogP contribution < -0.4 is 5.32 Å². The van der Waals surface area contributed by atoms with E-state index < -0.39 is 0 Å². The minimum atomic E-state index is 0.0875. The molecule has 0 aliphatic carbocycles. The number of hydrogen-bond acceptors (Lipinski definition) is 1. The average Bonchev–Trinajstić information content (AvgIpc) is 2.39. The molecule has 0 bridgehead atoms. The van der Waals surface area contributed by atoms with Gasteiger partial charge >= 0.3 is 0 Å². The third kappa shape index (κ3) is 4.06. The Morgan fingerprint density at radius 3 is 2.74 bits per heavy atom. The second-order valence-corrected chi connectivity index (χ2v) is 6.30. The van der Waals surface area contributed by atoms with Gasteiger partial charge in [0.05, 0.1) is 6.42 Å². The number of nitrogens with one attached hydrogen (secondary N) is 1. The summed E-state index contributed by atoms with van der Waals surface area (Å²) in [5.41, 5.74) is 1.09. The molecule has 0 saturated heterocycles. The van der Waals surface area contributed by atoms with E-state index in [2.05, 4.69) is 46.4 Å². The summed E-state index contributed by atoms with van der Waals surface area (Å²) in [6.45, 7) is 2.80. The smallest absolute Gasteiger partial charge is 0.224 e. The minimum Gasteiger partial charge on any atom is -0.356 e. The van der Waals surface area contributed by atoms with E-state index in [0.717, 1.165) is 23.9 Å². The number of rotatable bonds is 5. The van der Waals surface area contributed by atoms with Crippen molar-refractivity contribution in [3.8, 4) is 0 Å². The Labute approximate surface area is 122 Å². The number of benzene rings is 2. The lowest BCUT2D eigenvalue weighted by Crippen LogP contribution is -2.27. The van der Waals surface area contributed by atoms with E-state index in [1.807, 2.05) is 24.3 Å². The van der Waals surface area contributed by atoms with E-state index in [1.54, 1.807) is 0 Å². The summed E-state index contributed by atoms with van der Waals surface area (Å²) in [5, 5.41) is 5.30. The normalized spacial score (nSPS) is 12.3. The van der Waals surface area contributed by atoms with Crippen molar-refractivity contribution >= 4 is 32.6 Å². The zero-order valence-corrected chi connectivity index (χ0v) is 12.6. The number of hydrogen-bond donors (Lipinski definition) is 1. The number of fused-ring (bicyclic) bond motifs is 1. The monoisotopic (exact) mass is 319 g/mol. The lowest BCUT2D eigenvalue weighted by Gasteiger charge is -2.08. The molecule has 0 saturated carbocycles. The first-order valence-corrected chi connectivity index (χ1v) is 7.46. The SMILES string of the molecule is CC(Br)CCNC(=O)Cc1cccc2ccccc12. The van der Waals surface area contributed by atoms with Crippen molar-refractivity contribution in [1.82, 2.24) is 5.32 Å². The lowest BCUT2D eigenvalue weighted by atomic mass is 10.0. The molecule has 0 heterocycles. The van der Waals surface area contributed by atoms with E-state index in [9.17, 15) is 4.79 Å². The van der Waals surface area contributed by atoms with Crippen LogP contribution in [0.15, 0.2) is 42.5 Å². The third-order valence-corrected chi connectivity index (χ3v) is 3.55. The summed E-state index contributed by atoms with van der Waals surface area (Å²) in [7, 11) is 0. The Bertz CT molecular complexity index is 560. The van der Waals surface area contributed by atoms with E-state index in [1.165, 1.54) is 5.39 Å². The van der Waals surface area contributed by atoms with E-state index in [4.69, 9.17) is 0 Å². The number of halogens is 1. The Morgan fingerprint density at radius 2 is 1.95 bits per heavy atom. The fourth-order valence-corrected chi connectivity index (χ4v) is 2.32. The summed E-state index contributed by atoms with van der Waals surface area (Å²) in [6, 6.07) is 14.3. The van der Waals surface area contributed by atoms with Gasteiger partial charge in [-0.05, 0) is 22.8 Å². The molecule has 2 aromatic rings. The van der Waals surface area contributed by atoms with Crippen molar-refractivity contribution in [2.75, 3.05) is 6.54 Å². The maximum atomic E-state index is 11.9. The van der Waals surface area contributed by atoms with Gasteiger partial charge in [-0.3, -0.25) is 4.79 Å². The van der Waals surface area contributed by atoms with Crippen LogP contribution >= 0.6 is 15.9 Å². The molecule has 0 fully saturated rings. The molecule has 19 heavy (non-hydrogen) atoms. The minimum absolute atomic E-state index is 0.0875. The Balaban J connectivity index is 2.03. The molecule has 2 aromatic carbocycles. The van der Waals surface area contributed by atoms with Crippen LogP contribution in [0.1, 0.15) is 18.9 Å². The molecular weight excluding hydrogens is 302 g/mol. The highest BCUT2D eigenvalue weighted by atomic mass is 79.9. The second-order valence-electron chi connectivity index (χ2n) is 4.73. The van der Waals surface area contributed by atoms with Gasteiger partial charge in [0.1, 0.15) is 0 Å². The summed E-state index contributed by atoms with van der Waals surface area (Å²) in [5.74, 6) is 0.0875. The Morgan fingerprint density at radius 1 is 1.21 bits per heavy atom. The van der Waals surface area contributed by atoms with Gasteiger partial charge in [0.15, 0.2) is 0 Å². The molecule has 1 atom stereocenters. The maximum absolute atomic E-state index is 11.9. The van der Waals surface area contributed by atoms with Gasteiger partial charge in [-0.1, -0.05) is 65.3 Å². The van der Waals surface area contributed by atoms with Crippen LogP contribution in [0.2, 0.25) is 0 Å². The van der Waals surface area contributed by atoms with Gasteiger partial charge in [0.2, 0.25) is 5.91 Å². The maximum Gasteiger partial charge on any atom is 0.224 e. The van der Waals surface area contributed by atoms with Crippen molar-refractivity contribution in [1.29, 1.82) is 0 Å². The molecule has 2 nitrogen and oxygen atoms in total. The summed E-state index contributed by atoms with van der Waals surface area (Å²) in [6.07, 6.45) is 1.39. The molecule has 1 amide bonds. The molecule has 3 heteroatoms. The number of carbonyl (C=O) groups excluding carboxylic acids is 1. The lowest BCUT2D eigenvalue weighted by molar-refractivity contribution is -0.120. The number of carbonyl (C=O) groups is 1. The topological polar surface area (TPSA) is 29.1 Å². The molecule has 0 aromatic heterocycles. The van der Waals surface area contributed by atoms with Crippen molar-refractivity contribution in [3.63, 3.8) is 0 Å². The average molecular weight is 320 g/mol. The standard InChI is InChI=1S/C16H18BrNO/c1-12(17)9-10-18-16(19)11-14-7-4-6-13-5-2-3-8-15(13)14/h2-8,12H,9-11H2,1H3,(H,18,19). The predicted molar refractivity (Wildman–Crippen MR) is 83.7 cm³/mol.